The number of amides is 2. The first kappa shape index (κ1) is 16.6. The number of hydrogen-bond acceptors (Lipinski definition) is 4. The van der Waals surface area contributed by atoms with Gasteiger partial charge in [-0.1, -0.05) is 24.3 Å². The molecule has 1 aliphatic heterocycles. The lowest BCUT2D eigenvalue weighted by atomic mass is 10.1. The van der Waals surface area contributed by atoms with E-state index in [2.05, 4.69) is 5.32 Å². The Morgan fingerprint density at radius 3 is 2.60 bits per heavy atom. The zero-order valence-corrected chi connectivity index (χ0v) is 13.6. The highest BCUT2D eigenvalue weighted by molar-refractivity contribution is 6.04. The Hall–Kier alpha value is -3.22. The van der Waals surface area contributed by atoms with E-state index in [1.165, 1.54) is 25.1 Å². The van der Waals surface area contributed by atoms with Crippen molar-refractivity contribution in [2.75, 3.05) is 11.4 Å². The summed E-state index contributed by atoms with van der Waals surface area (Å²) in [5.41, 5.74) is 1.17. The molecule has 1 aliphatic rings. The minimum Gasteiger partial charge on any atom is -0.340 e. The number of hydrogen-bond donors (Lipinski definition) is 1. The molecule has 3 rings (SSSR count). The molecule has 1 saturated heterocycles. The maximum Gasteiger partial charge on any atom is 0.273 e. The molecule has 1 fully saturated rings. The van der Waals surface area contributed by atoms with Crippen LogP contribution in [0, 0.1) is 17.0 Å². The van der Waals surface area contributed by atoms with E-state index in [0.717, 1.165) is 5.69 Å². The zero-order chi connectivity index (χ0) is 18.0. The molecule has 0 aliphatic carbocycles. The van der Waals surface area contributed by atoms with Crippen LogP contribution in [0.1, 0.15) is 22.3 Å². The van der Waals surface area contributed by atoms with Crippen molar-refractivity contribution in [2.45, 2.75) is 19.4 Å². The van der Waals surface area contributed by atoms with Gasteiger partial charge in [-0.05, 0) is 31.5 Å². The lowest BCUT2D eigenvalue weighted by Crippen LogP contribution is -2.41. The average molecular weight is 339 g/mol. The molecule has 0 bridgehead atoms. The molecule has 1 heterocycles. The van der Waals surface area contributed by atoms with Crippen LogP contribution in [0.4, 0.5) is 11.4 Å². The van der Waals surface area contributed by atoms with Gasteiger partial charge in [0.2, 0.25) is 5.91 Å². The summed E-state index contributed by atoms with van der Waals surface area (Å²) in [5.74, 6) is -0.655. The fourth-order valence-electron chi connectivity index (χ4n) is 2.98. The van der Waals surface area contributed by atoms with Crippen molar-refractivity contribution in [3.63, 3.8) is 0 Å². The fraction of sp³-hybridized carbons (Fsp3) is 0.222. The van der Waals surface area contributed by atoms with Gasteiger partial charge in [0.05, 0.1) is 4.92 Å². The number of carbonyl (C=O) groups is 2. The zero-order valence-electron chi connectivity index (χ0n) is 13.6. The molecule has 1 unspecified atom stereocenters. The van der Waals surface area contributed by atoms with Crippen molar-refractivity contribution in [3.05, 3.63) is 69.8 Å². The molecule has 7 heteroatoms. The number of anilines is 1. The summed E-state index contributed by atoms with van der Waals surface area (Å²) in [4.78, 5) is 37.1. The number of benzene rings is 2. The number of carbonyl (C=O) groups excluding carboxylic acids is 2. The summed E-state index contributed by atoms with van der Waals surface area (Å²) < 4.78 is 0. The quantitative estimate of drug-likeness (QED) is 0.684. The molecule has 2 aromatic rings. The van der Waals surface area contributed by atoms with Gasteiger partial charge in [0.1, 0.15) is 6.04 Å². The highest BCUT2D eigenvalue weighted by atomic mass is 16.6. The predicted octanol–water partition coefficient (Wildman–Crippen LogP) is 2.44. The maximum atomic E-state index is 12.5. The van der Waals surface area contributed by atoms with Crippen molar-refractivity contribution in [3.8, 4) is 0 Å². The molecule has 0 spiro atoms. The van der Waals surface area contributed by atoms with E-state index in [0.29, 0.717) is 13.0 Å². The summed E-state index contributed by atoms with van der Waals surface area (Å²) >= 11 is 0. The van der Waals surface area contributed by atoms with Crippen LogP contribution in [0.2, 0.25) is 0 Å². The van der Waals surface area contributed by atoms with Gasteiger partial charge in [0.15, 0.2) is 0 Å². The molecule has 25 heavy (non-hydrogen) atoms. The Morgan fingerprint density at radius 1 is 1.20 bits per heavy atom. The first-order chi connectivity index (χ1) is 12.0. The topological polar surface area (TPSA) is 92.6 Å². The normalized spacial score (nSPS) is 16.8. The summed E-state index contributed by atoms with van der Waals surface area (Å²) in [6.07, 6.45) is 0.493. The molecule has 0 radical (unpaired) electrons. The van der Waals surface area contributed by atoms with E-state index in [1.807, 2.05) is 30.3 Å². The molecule has 0 saturated carbocycles. The summed E-state index contributed by atoms with van der Waals surface area (Å²) in [6, 6.07) is 12.9. The second kappa shape index (κ2) is 6.72. The molecule has 2 amide bonds. The summed E-state index contributed by atoms with van der Waals surface area (Å²) in [5, 5.41) is 13.7. The van der Waals surface area contributed by atoms with Crippen molar-refractivity contribution in [1.82, 2.24) is 5.32 Å². The van der Waals surface area contributed by atoms with Crippen LogP contribution in [0.3, 0.4) is 0 Å². The van der Waals surface area contributed by atoms with Gasteiger partial charge in [0, 0.05) is 29.4 Å². The van der Waals surface area contributed by atoms with Gasteiger partial charge >= 0.3 is 0 Å². The highest BCUT2D eigenvalue weighted by Gasteiger charge is 2.34. The van der Waals surface area contributed by atoms with Gasteiger partial charge in [-0.25, -0.2) is 0 Å². The highest BCUT2D eigenvalue weighted by Crippen LogP contribution is 2.23. The first-order valence-electron chi connectivity index (χ1n) is 7.90. The molecule has 2 aromatic carbocycles. The SMILES string of the molecule is Cc1c(C(=O)NC2CCN(c3ccccc3)C2=O)cccc1[N+](=O)[O-]. The number of nitrogens with one attached hydrogen (secondary N) is 1. The Bertz CT molecular complexity index is 835. The van der Waals surface area contributed by atoms with Crippen LogP contribution >= 0.6 is 0 Å². The second-order valence-electron chi connectivity index (χ2n) is 5.85. The van der Waals surface area contributed by atoms with Gasteiger partial charge in [-0.2, -0.15) is 0 Å². The molecule has 0 aromatic heterocycles. The van der Waals surface area contributed by atoms with Gasteiger partial charge < -0.3 is 10.2 Å². The number of rotatable bonds is 4. The van der Waals surface area contributed by atoms with Crippen LogP contribution < -0.4 is 10.2 Å². The van der Waals surface area contributed by atoms with Gasteiger partial charge in [-0.15, -0.1) is 0 Å². The largest absolute Gasteiger partial charge is 0.340 e. The molecular weight excluding hydrogens is 322 g/mol. The smallest absolute Gasteiger partial charge is 0.273 e. The Balaban J connectivity index is 1.75. The van der Waals surface area contributed by atoms with Crippen molar-refractivity contribution in [2.24, 2.45) is 0 Å². The lowest BCUT2D eigenvalue weighted by molar-refractivity contribution is -0.385. The Morgan fingerprint density at radius 2 is 1.92 bits per heavy atom. The summed E-state index contributed by atoms with van der Waals surface area (Å²) in [7, 11) is 0. The van der Waals surface area contributed by atoms with Gasteiger partial charge in [-0.3, -0.25) is 19.7 Å². The summed E-state index contributed by atoms with van der Waals surface area (Å²) in [6.45, 7) is 2.04. The van der Waals surface area contributed by atoms with Crippen LogP contribution in [0.15, 0.2) is 48.5 Å². The minimum absolute atomic E-state index is 0.115. The van der Waals surface area contributed by atoms with Crippen molar-refractivity contribution >= 4 is 23.2 Å². The fourth-order valence-corrected chi connectivity index (χ4v) is 2.98. The van der Waals surface area contributed by atoms with Crippen molar-refractivity contribution in [1.29, 1.82) is 0 Å². The Labute approximate surface area is 144 Å². The van der Waals surface area contributed by atoms with Crippen LogP contribution in [-0.2, 0) is 4.79 Å². The third-order valence-corrected chi connectivity index (χ3v) is 4.33. The second-order valence-corrected chi connectivity index (χ2v) is 5.85. The van der Waals surface area contributed by atoms with E-state index in [1.54, 1.807) is 4.90 Å². The third kappa shape index (κ3) is 3.21. The Kier molecular flexibility index (Phi) is 4.47. The maximum absolute atomic E-state index is 12.5. The molecule has 1 N–H and O–H groups in total. The first-order valence-corrected chi connectivity index (χ1v) is 7.90. The number of nitro groups is 1. The molecule has 1 atom stereocenters. The minimum atomic E-state index is -0.633. The lowest BCUT2D eigenvalue weighted by Gasteiger charge is -2.17. The standard InChI is InChI=1S/C18H17N3O4/c1-12-14(8-5-9-16(12)21(24)25)17(22)19-15-10-11-20(18(15)23)13-6-3-2-4-7-13/h2-9,15H,10-11H2,1H3,(H,19,22). The van der Waals surface area contributed by atoms with E-state index >= 15 is 0 Å². The van der Waals surface area contributed by atoms with Crippen LogP contribution in [0.25, 0.3) is 0 Å². The number of para-hydroxylation sites is 1. The monoisotopic (exact) mass is 339 g/mol. The van der Waals surface area contributed by atoms with Crippen LogP contribution in [0.5, 0.6) is 0 Å². The number of nitrogens with zero attached hydrogens (tertiary/aromatic N) is 2. The van der Waals surface area contributed by atoms with E-state index in [-0.39, 0.29) is 22.7 Å². The van der Waals surface area contributed by atoms with Gasteiger partial charge in [0.25, 0.3) is 11.6 Å². The van der Waals surface area contributed by atoms with Crippen molar-refractivity contribution < 1.29 is 14.5 Å². The third-order valence-electron chi connectivity index (χ3n) is 4.33. The average Bonchev–Trinajstić information content (AvgIpc) is 2.96. The molecule has 7 nitrogen and oxygen atoms in total. The van der Waals surface area contributed by atoms with E-state index in [9.17, 15) is 19.7 Å². The van der Waals surface area contributed by atoms with Crippen LogP contribution in [-0.4, -0.2) is 29.3 Å². The van der Waals surface area contributed by atoms with E-state index < -0.39 is 16.9 Å². The molecular formula is C18H17N3O4. The predicted molar refractivity (Wildman–Crippen MR) is 92.5 cm³/mol. The van der Waals surface area contributed by atoms with E-state index in [4.69, 9.17) is 0 Å². The molecule has 128 valence electrons. The number of nitro benzene ring substituents is 1.